The van der Waals surface area contributed by atoms with E-state index in [1.165, 1.54) is 11.8 Å². The summed E-state index contributed by atoms with van der Waals surface area (Å²) in [7, 11) is -4.17. The van der Waals surface area contributed by atoms with Gasteiger partial charge in [0.15, 0.2) is 6.10 Å². The molecule has 142 valence electrons. The molecule has 2 fully saturated rings. The van der Waals surface area contributed by atoms with Crippen LogP contribution in [0.25, 0.3) is 0 Å². The number of carbonyl (C=O) groups is 2. The van der Waals surface area contributed by atoms with Crippen molar-refractivity contribution in [3.8, 4) is 0 Å². The van der Waals surface area contributed by atoms with Crippen molar-refractivity contribution >= 4 is 33.8 Å². The zero-order valence-electron chi connectivity index (χ0n) is 16.1. The van der Waals surface area contributed by atoms with Crippen molar-refractivity contribution in [2.45, 2.75) is 61.8 Å². The van der Waals surface area contributed by atoms with Crippen LogP contribution in [-0.4, -0.2) is 47.5 Å². The summed E-state index contributed by atoms with van der Waals surface area (Å²) < 4.78 is 30.0. The van der Waals surface area contributed by atoms with E-state index in [-0.39, 0.29) is 34.5 Å². The predicted molar refractivity (Wildman–Crippen MR) is 93.8 cm³/mol. The van der Waals surface area contributed by atoms with E-state index in [4.69, 9.17) is 4.18 Å². The zero-order chi connectivity index (χ0) is 19.6. The molecule has 3 atom stereocenters. The molecule has 0 aliphatic carbocycles. The molecule has 0 bridgehead atoms. The van der Waals surface area contributed by atoms with Gasteiger partial charge in [0, 0.05) is 4.75 Å². The summed E-state index contributed by atoms with van der Waals surface area (Å²) in [6.07, 6.45) is -1.23. The van der Waals surface area contributed by atoms with Gasteiger partial charge in [0.2, 0.25) is 0 Å². The molecular weight excluding hydrogens is 401 g/mol. The van der Waals surface area contributed by atoms with Crippen LogP contribution in [0.3, 0.4) is 0 Å². The average Bonchev–Trinajstić information content (AvgIpc) is 2.72. The van der Waals surface area contributed by atoms with Crippen LogP contribution in [0.15, 0.2) is 17.0 Å². The number of hydrogen-bond donors (Lipinski definition) is 0. The maximum Gasteiger partial charge on any atom is 1.00 e. The minimum atomic E-state index is -4.17. The fourth-order valence-corrected chi connectivity index (χ4v) is 6.92. The molecule has 2 heterocycles. The summed E-state index contributed by atoms with van der Waals surface area (Å²) in [5, 5.41) is 10.7. The molecule has 27 heavy (non-hydrogen) atoms. The first-order chi connectivity index (χ1) is 11.9. The summed E-state index contributed by atoms with van der Waals surface area (Å²) in [6, 6.07) is 2.35. The first kappa shape index (κ1) is 22.7. The molecule has 10 heteroatoms. The summed E-state index contributed by atoms with van der Waals surface area (Å²) in [5.74, 6) is -2.00. The van der Waals surface area contributed by atoms with Crippen LogP contribution in [0, 0.1) is 20.8 Å². The summed E-state index contributed by atoms with van der Waals surface area (Å²) in [4.78, 5) is 25.0. The van der Waals surface area contributed by atoms with Crippen LogP contribution in [-0.2, 0) is 23.9 Å². The van der Waals surface area contributed by atoms with Crippen molar-refractivity contribution in [3.05, 3.63) is 28.8 Å². The number of carboxylic acid groups (broad SMARTS) is 1. The number of hydrogen-bond acceptors (Lipinski definition) is 7. The monoisotopic (exact) mass is 421 g/mol. The van der Waals surface area contributed by atoms with E-state index in [9.17, 15) is 23.1 Å². The van der Waals surface area contributed by atoms with E-state index in [1.54, 1.807) is 39.8 Å². The SMILES string of the molecule is Cc1cc(C)c(S(=O)(=O)O[C@@H]2C(=O)N3[C@@H]2SC(C)(C)[C@@H]3C(=O)[O-])c(C)c1.[Na+]. The minimum absolute atomic E-state index is 0. The second-order valence-corrected chi connectivity index (χ2v) is 10.6. The summed E-state index contributed by atoms with van der Waals surface area (Å²) in [6.45, 7) is 8.57. The Morgan fingerprint density at radius 1 is 1.22 bits per heavy atom. The van der Waals surface area contributed by atoms with E-state index in [2.05, 4.69) is 0 Å². The third-order valence-electron chi connectivity index (χ3n) is 4.70. The molecule has 0 radical (unpaired) electrons. The number of aryl methyl sites for hydroxylation is 3. The molecule has 7 nitrogen and oxygen atoms in total. The first-order valence-electron chi connectivity index (χ1n) is 8.09. The van der Waals surface area contributed by atoms with Crippen LogP contribution in [0.5, 0.6) is 0 Å². The average molecular weight is 421 g/mol. The van der Waals surface area contributed by atoms with Gasteiger partial charge in [0.25, 0.3) is 16.0 Å². The molecule has 1 amide bonds. The van der Waals surface area contributed by atoms with E-state index in [0.717, 1.165) is 10.5 Å². The quantitative estimate of drug-likeness (QED) is 0.301. The second-order valence-electron chi connectivity index (χ2n) is 7.28. The Morgan fingerprint density at radius 3 is 2.22 bits per heavy atom. The predicted octanol–water partition coefficient (Wildman–Crippen LogP) is -2.50. The van der Waals surface area contributed by atoms with Crippen molar-refractivity contribution in [1.29, 1.82) is 0 Å². The number of fused-ring (bicyclic) bond motifs is 1. The van der Waals surface area contributed by atoms with Crippen molar-refractivity contribution < 1.29 is 56.9 Å². The third kappa shape index (κ3) is 3.70. The van der Waals surface area contributed by atoms with Crippen molar-refractivity contribution in [2.75, 3.05) is 0 Å². The molecule has 2 aliphatic rings. The number of β-lactam (4-membered cyclic amide) rings is 1. The van der Waals surface area contributed by atoms with Gasteiger partial charge < -0.3 is 14.8 Å². The molecule has 0 spiro atoms. The largest absolute Gasteiger partial charge is 1.00 e. The minimum Gasteiger partial charge on any atom is -0.548 e. The Balaban J connectivity index is 0.00000261. The fraction of sp³-hybridized carbons (Fsp3) is 0.529. The number of benzene rings is 1. The molecule has 0 saturated carbocycles. The first-order valence-corrected chi connectivity index (χ1v) is 10.4. The number of aliphatic carboxylic acids is 1. The Morgan fingerprint density at radius 2 is 1.74 bits per heavy atom. The van der Waals surface area contributed by atoms with E-state index < -0.39 is 44.3 Å². The van der Waals surface area contributed by atoms with Crippen LogP contribution >= 0.6 is 11.8 Å². The number of amides is 1. The van der Waals surface area contributed by atoms with Crippen molar-refractivity contribution in [1.82, 2.24) is 4.90 Å². The summed E-state index contributed by atoms with van der Waals surface area (Å²) in [5.41, 5.74) is 2.01. The fourth-order valence-electron chi connectivity index (χ4n) is 3.79. The number of carbonyl (C=O) groups excluding carboxylic acids is 2. The van der Waals surface area contributed by atoms with Crippen LogP contribution in [0.4, 0.5) is 0 Å². The van der Waals surface area contributed by atoms with E-state index in [0.29, 0.717) is 11.1 Å². The number of nitrogens with zero attached hydrogens (tertiary/aromatic N) is 1. The Labute approximate surface area is 185 Å². The van der Waals surface area contributed by atoms with Crippen molar-refractivity contribution in [3.63, 3.8) is 0 Å². The maximum absolute atomic E-state index is 12.8. The maximum atomic E-state index is 12.8. The van der Waals surface area contributed by atoms with Crippen LogP contribution in [0.1, 0.15) is 30.5 Å². The molecule has 0 unspecified atom stereocenters. The molecule has 2 saturated heterocycles. The second kappa shape index (κ2) is 7.35. The molecule has 0 N–H and O–H groups in total. The van der Waals surface area contributed by atoms with Gasteiger partial charge in [-0.05, 0) is 45.7 Å². The van der Waals surface area contributed by atoms with Gasteiger partial charge in [-0.15, -0.1) is 11.8 Å². The van der Waals surface area contributed by atoms with Gasteiger partial charge in [0.05, 0.1) is 16.9 Å². The molecule has 1 aromatic carbocycles. The van der Waals surface area contributed by atoms with Gasteiger partial charge in [-0.3, -0.25) is 4.79 Å². The van der Waals surface area contributed by atoms with Gasteiger partial charge in [-0.25, -0.2) is 4.18 Å². The van der Waals surface area contributed by atoms with E-state index in [1.807, 2.05) is 6.92 Å². The van der Waals surface area contributed by atoms with Gasteiger partial charge >= 0.3 is 29.6 Å². The standard InChI is InChI=1S/C17H21NO6S2.Na/c1-8-6-9(2)12(10(3)7-8)26(22,23)24-11-14(19)18-13(16(20)21)17(4,5)25-15(11)18;/h6-7,11,13,15H,1-5H3,(H,20,21);/q;+1/p-1/t11-,13+,15-;/m1./s1. The molecular formula is C17H20NNaO6S2. The Bertz CT molecular complexity index is 891. The van der Waals surface area contributed by atoms with E-state index >= 15 is 0 Å². The molecule has 3 rings (SSSR count). The number of rotatable bonds is 4. The summed E-state index contributed by atoms with van der Waals surface area (Å²) >= 11 is 1.21. The van der Waals surface area contributed by atoms with Gasteiger partial charge in [-0.1, -0.05) is 17.7 Å². The number of thioether (sulfide) groups is 1. The molecule has 2 aliphatic heterocycles. The molecule has 1 aromatic rings. The number of carboxylic acids is 1. The smallest absolute Gasteiger partial charge is 0.548 e. The zero-order valence-corrected chi connectivity index (χ0v) is 19.7. The Hall–Kier alpha value is -0.580. The van der Waals surface area contributed by atoms with Crippen molar-refractivity contribution in [2.24, 2.45) is 0 Å². The van der Waals surface area contributed by atoms with Gasteiger partial charge in [0.1, 0.15) is 5.37 Å². The van der Waals surface area contributed by atoms with Crippen LogP contribution < -0.4 is 34.7 Å². The topological polar surface area (TPSA) is 104 Å². The molecule has 0 aromatic heterocycles. The third-order valence-corrected chi connectivity index (χ3v) is 7.85. The Kier molecular flexibility index (Phi) is 6.18. The van der Waals surface area contributed by atoms with Gasteiger partial charge in [-0.2, -0.15) is 8.42 Å². The van der Waals surface area contributed by atoms with Crippen LogP contribution in [0.2, 0.25) is 0 Å². The normalized spacial score (nSPS) is 26.2.